The summed E-state index contributed by atoms with van der Waals surface area (Å²) < 4.78 is 2.42. The number of anilines is 1. The van der Waals surface area contributed by atoms with Gasteiger partial charge in [-0.25, -0.2) is 4.98 Å². The lowest BCUT2D eigenvalue weighted by Crippen LogP contribution is -2.16. The van der Waals surface area contributed by atoms with Gasteiger partial charge in [0.2, 0.25) is 0 Å². The molecule has 3 aromatic rings. The highest BCUT2D eigenvalue weighted by Gasteiger charge is 2.11. The number of hydrogen-bond acceptors (Lipinski definition) is 4. The van der Waals surface area contributed by atoms with Crippen molar-refractivity contribution in [3.05, 3.63) is 65.2 Å². The minimum Gasteiger partial charge on any atom is -0.305 e. The van der Waals surface area contributed by atoms with Gasteiger partial charge in [-0.2, -0.15) is 9.78 Å². The molecule has 1 amide bonds. The fourth-order valence-corrected chi connectivity index (χ4v) is 1.99. The van der Waals surface area contributed by atoms with Gasteiger partial charge in [0.05, 0.1) is 6.20 Å². The lowest BCUT2D eigenvalue weighted by molar-refractivity contribution is 0.102. The van der Waals surface area contributed by atoms with Gasteiger partial charge in [0, 0.05) is 22.9 Å². The summed E-state index contributed by atoms with van der Waals surface area (Å²) in [5.74, 6) is 0.842. The molecule has 0 bridgehead atoms. The highest BCUT2D eigenvalue weighted by molar-refractivity contribution is 9.10. The van der Waals surface area contributed by atoms with Crippen molar-refractivity contribution in [2.75, 3.05) is 5.32 Å². The first-order valence-electron chi connectivity index (χ1n) is 6.12. The zero-order chi connectivity index (χ0) is 14.7. The minimum absolute atomic E-state index is 0.297. The molecule has 6 nitrogen and oxygen atoms in total. The van der Waals surface area contributed by atoms with Gasteiger partial charge in [-0.3, -0.25) is 9.78 Å². The fourth-order valence-electron chi connectivity index (χ4n) is 1.75. The maximum Gasteiger partial charge on any atom is 0.275 e. The van der Waals surface area contributed by atoms with Crippen LogP contribution in [0.15, 0.2) is 59.5 Å². The second kappa shape index (κ2) is 5.84. The first-order valence-corrected chi connectivity index (χ1v) is 6.92. The molecule has 0 fully saturated rings. The van der Waals surface area contributed by atoms with Crippen LogP contribution in [-0.2, 0) is 0 Å². The molecule has 3 aromatic heterocycles. The smallest absolute Gasteiger partial charge is 0.275 e. The highest BCUT2D eigenvalue weighted by Crippen LogP contribution is 2.15. The molecule has 0 aliphatic heterocycles. The lowest BCUT2D eigenvalue weighted by Gasteiger charge is -2.07. The third kappa shape index (κ3) is 2.97. The molecule has 0 spiro atoms. The third-order valence-corrected chi connectivity index (χ3v) is 3.18. The van der Waals surface area contributed by atoms with Crippen LogP contribution in [0.4, 0.5) is 5.82 Å². The summed E-state index contributed by atoms with van der Waals surface area (Å²) in [6.07, 6.45) is 4.83. The molecule has 0 aliphatic rings. The number of nitrogens with one attached hydrogen (secondary N) is 1. The van der Waals surface area contributed by atoms with E-state index in [1.807, 2.05) is 6.07 Å². The van der Waals surface area contributed by atoms with Gasteiger partial charge in [-0.1, -0.05) is 6.07 Å². The number of nitrogens with zero attached hydrogens (tertiary/aromatic N) is 4. The van der Waals surface area contributed by atoms with Crippen LogP contribution in [0.25, 0.3) is 5.82 Å². The van der Waals surface area contributed by atoms with Crippen LogP contribution in [0.2, 0.25) is 0 Å². The lowest BCUT2D eigenvalue weighted by atomic mass is 10.3. The summed E-state index contributed by atoms with van der Waals surface area (Å²) in [5, 5.41) is 6.93. The normalized spacial score (nSPS) is 10.3. The summed E-state index contributed by atoms with van der Waals surface area (Å²) >= 11 is 3.33. The molecular formula is C14H10BrN5O. The number of carbonyl (C=O) groups excluding carboxylic acids is 1. The van der Waals surface area contributed by atoms with Gasteiger partial charge >= 0.3 is 0 Å². The molecule has 0 aliphatic carbocycles. The van der Waals surface area contributed by atoms with Crippen LogP contribution in [0.5, 0.6) is 0 Å². The standard InChI is InChI=1S/C14H10BrN5O/c15-10-4-5-12(17-9-10)20-13(6-8-18-20)19-14(21)11-3-1-2-7-16-11/h1-9H,(H,19,21). The van der Waals surface area contributed by atoms with Crippen molar-refractivity contribution in [3.63, 3.8) is 0 Å². The van der Waals surface area contributed by atoms with E-state index in [2.05, 4.69) is 36.3 Å². The highest BCUT2D eigenvalue weighted by atomic mass is 79.9. The zero-order valence-electron chi connectivity index (χ0n) is 10.8. The number of rotatable bonds is 3. The molecule has 104 valence electrons. The maximum absolute atomic E-state index is 12.1. The Kier molecular flexibility index (Phi) is 3.74. The number of hydrogen-bond donors (Lipinski definition) is 1. The predicted molar refractivity (Wildman–Crippen MR) is 81.2 cm³/mol. The van der Waals surface area contributed by atoms with Gasteiger partial charge in [-0.05, 0) is 40.2 Å². The van der Waals surface area contributed by atoms with Crippen molar-refractivity contribution in [2.45, 2.75) is 0 Å². The Morgan fingerprint density at radius 2 is 2.00 bits per heavy atom. The molecule has 3 heterocycles. The molecule has 1 N–H and O–H groups in total. The SMILES string of the molecule is O=C(Nc1ccnn1-c1ccc(Br)cn1)c1ccccn1. The summed E-state index contributed by atoms with van der Waals surface area (Å²) in [6, 6.07) is 10.5. The summed E-state index contributed by atoms with van der Waals surface area (Å²) in [7, 11) is 0. The number of aromatic nitrogens is 4. The second-order valence-corrected chi connectivity index (χ2v) is 5.05. The fraction of sp³-hybridized carbons (Fsp3) is 0. The van der Waals surface area contributed by atoms with Crippen LogP contribution < -0.4 is 5.32 Å². The van der Waals surface area contributed by atoms with Gasteiger partial charge in [0.15, 0.2) is 5.82 Å². The van der Waals surface area contributed by atoms with Gasteiger partial charge in [-0.15, -0.1) is 0 Å². The van der Waals surface area contributed by atoms with Crippen LogP contribution >= 0.6 is 15.9 Å². The van der Waals surface area contributed by atoms with Crippen LogP contribution in [0.1, 0.15) is 10.5 Å². The quantitative estimate of drug-likeness (QED) is 0.793. The molecule has 0 aromatic carbocycles. The molecule has 0 saturated heterocycles. The van der Waals surface area contributed by atoms with E-state index >= 15 is 0 Å². The largest absolute Gasteiger partial charge is 0.305 e. The number of carbonyl (C=O) groups is 1. The Balaban J connectivity index is 1.86. The maximum atomic E-state index is 12.1. The molecule has 7 heteroatoms. The molecule has 3 rings (SSSR count). The topological polar surface area (TPSA) is 72.7 Å². The Bertz CT molecular complexity index is 755. The van der Waals surface area contributed by atoms with Crippen LogP contribution in [0, 0.1) is 0 Å². The molecule has 0 atom stereocenters. The molecule has 21 heavy (non-hydrogen) atoms. The third-order valence-electron chi connectivity index (χ3n) is 2.71. The zero-order valence-corrected chi connectivity index (χ0v) is 12.4. The van der Waals surface area contributed by atoms with Crippen LogP contribution in [0.3, 0.4) is 0 Å². The molecule has 0 saturated carbocycles. The van der Waals surface area contributed by atoms with E-state index in [0.29, 0.717) is 17.3 Å². The van der Waals surface area contributed by atoms with Crippen molar-refractivity contribution >= 4 is 27.7 Å². The van der Waals surface area contributed by atoms with E-state index in [-0.39, 0.29) is 5.91 Å². The number of halogens is 1. The van der Waals surface area contributed by atoms with Crippen molar-refractivity contribution in [3.8, 4) is 5.82 Å². The van der Waals surface area contributed by atoms with Gasteiger partial charge in [0.1, 0.15) is 11.5 Å². The first-order chi connectivity index (χ1) is 10.2. The average Bonchev–Trinajstić information content (AvgIpc) is 2.97. The van der Waals surface area contributed by atoms with Crippen molar-refractivity contribution in [1.29, 1.82) is 0 Å². The van der Waals surface area contributed by atoms with E-state index in [9.17, 15) is 4.79 Å². The minimum atomic E-state index is -0.297. The Hall–Kier alpha value is -2.54. The Morgan fingerprint density at radius 3 is 2.71 bits per heavy atom. The van der Waals surface area contributed by atoms with Crippen molar-refractivity contribution < 1.29 is 4.79 Å². The molecular weight excluding hydrogens is 334 g/mol. The van der Waals surface area contributed by atoms with E-state index < -0.39 is 0 Å². The summed E-state index contributed by atoms with van der Waals surface area (Å²) in [4.78, 5) is 20.4. The van der Waals surface area contributed by atoms with Gasteiger partial charge in [0.25, 0.3) is 5.91 Å². The Labute approximate surface area is 129 Å². The summed E-state index contributed by atoms with van der Waals surface area (Å²) in [6.45, 7) is 0. The van der Waals surface area contributed by atoms with Gasteiger partial charge < -0.3 is 5.32 Å². The molecule has 0 radical (unpaired) electrons. The molecule has 0 unspecified atom stereocenters. The second-order valence-electron chi connectivity index (χ2n) is 4.13. The Morgan fingerprint density at radius 1 is 1.10 bits per heavy atom. The van der Waals surface area contributed by atoms with E-state index in [4.69, 9.17) is 0 Å². The number of amides is 1. The van der Waals surface area contributed by atoms with E-state index in [1.165, 1.54) is 0 Å². The monoisotopic (exact) mass is 343 g/mol. The average molecular weight is 344 g/mol. The first kappa shape index (κ1) is 13.4. The van der Waals surface area contributed by atoms with Crippen molar-refractivity contribution in [2.24, 2.45) is 0 Å². The predicted octanol–water partition coefficient (Wildman–Crippen LogP) is 2.68. The van der Waals surface area contributed by atoms with Crippen LogP contribution in [-0.4, -0.2) is 25.7 Å². The number of pyridine rings is 2. The van der Waals surface area contributed by atoms with E-state index in [1.54, 1.807) is 53.6 Å². The summed E-state index contributed by atoms with van der Waals surface area (Å²) in [5.41, 5.74) is 0.342. The van der Waals surface area contributed by atoms with E-state index in [0.717, 1.165) is 4.47 Å². The van der Waals surface area contributed by atoms with Crippen molar-refractivity contribution in [1.82, 2.24) is 19.7 Å².